The summed E-state index contributed by atoms with van der Waals surface area (Å²) in [5.74, 6) is -0.296. The molecule has 3 fully saturated rings. The second-order valence-corrected chi connectivity index (χ2v) is 24.2. The molecule has 1 amide bonds. The van der Waals surface area contributed by atoms with Crippen LogP contribution in [0, 0.1) is 0 Å². The highest BCUT2D eigenvalue weighted by atomic mass is 16.8. The van der Waals surface area contributed by atoms with E-state index in [1.807, 2.05) is 6.08 Å². The molecule has 0 aromatic rings. The van der Waals surface area contributed by atoms with Crippen LogP contribution in [0.25, 0.3) is 0 Å². The number of allylic oxidation sites excluding steroid dienone is 19. The summed E-state index contributed by atoms with van der Waals surface area (Å²) in [4.78, 5) is 13.3. The third-order valence-corrected chi connectivity index (χ3v) is 16.5. The summed E-state index contributed by atoms with van der Waals surface area (Å²) in [7, 11) is 0. The standard InChI is InChI=1S/C73H121NO18/c1-3-5-7-9-11-13-15-16-17-18-19-20-21-22-23-24-25-26-27-28-29-30-31-32-33-34-35-36-37-38-39-40-41-43-45-47-49-51-61(79)74-56(57(78)50-48-46-44-42-14-12-10-8-6-4-2)55-87-71-67(85)64(82)69(59(53-76)89-71)92-73-68(86)65(83)70(60(54-77)90-73)91-72-66(84)63(81)62(80)58(52-75)88-72/h5,7,11,13-14,16-17,19-20,22-23,25-26,28-29,31-32,42,48,50,56-60,62-73,75-78,80-86H,3-4,6,8-10,12,15,18,21,24,27,30,33-41,43-47,49,51-55H2,1-2H3,(H,74,79)/b7-5-,13-11-,17-16-,20-19-,23-22-,26-25-,29-28-,32-31-,42-14+,50-48+. The molecule has 0 radical (unpaired) electrons. The number of rotatable bonds is 51. The van der Waals surface area contributed by atoms with Crippen LogP contribution in [-0.4, -0.2) is 193 Å². The van der Waals surface area contributed by atoms with Gasteiger partial charge >= 0.3 is 0 Å². The van der Waals surface area contributed by atoms with Crippen molar-refractivity contribution in [1.82, 2.24) is 5.32 Å². The summed E-state index contributed by atoms with van der Waals surface area (Å²) >= 11 is 0. The van der Waals surface area contributed by atoms with E-state index in [0.29, 0.717) is 12.8 Å². The van der Waals surface area contributed by atoms with Gasteiger partial charge in [0.25, 0.3) is 0 Å². The molecule has 3 saturated heterocycles. The van der Waals surface area contributed by atoms with Crippen molar-refractivity contribution in [3.8, 4) is 0 Å². The first-order chi connectivity index (χ1) is 44.8. The van der Waals surface area contributed by atoms with E-state index in [9.17, 15) is 61.0 Å². The van der Waals surface area contributed by atoms with Crippen LogP contribution < -0.4 is 5.32 Å². The molecule has 0 saturated carbocycles. The van der Waals surface area contributed by atoms with Gasteiger partial charge in [-0.3, -0.25) is 4.79 Å². The van der Waals surface area contributed by atoms with Gasteiger partial charge in [0.05, 0.1) is 38.6 Å². The van der Waals surface area contributed by atoms with Crippen molar-refractivity contribution in [3.05, 3.63) is 122 Å². The van der Waals surface area contributed by atoms with E-state index in [2.05, 4.69) is 129 Å². The Morgan fingerprint density at radius 2 is 0.761 bits per heavy atom. The maximum Gasteiger partial charge on any atom is 0.220 e. The van der Waals surface area contributed by atoms with Crippen molar-refractivity contribution in [2.75, 3.05) is 26.4 Å². The third-order valence-electron chi connectivity index (χ3n) is 16.5. The van der Waals surface area contributed by atoms with Gasteiger partial charge in [0.1, 0.15) is 73.2 Å². The number of aliphatic hydroxyl groups excluding tert-OH is 11. The quantitative estimate of drug-likeness (QED) is 0.0199. The first-order valence-electron chi connectivity index (χ1n) is 34.8. The number of aliphatic hydroxyl groups is 11. The lowest BCUT2D eigenvalue weighted by Crippen LogP contribution is -2.66. The minimum Gasteiger partial charge on any atom is -0.394 e. The maximum atomic E-state index is 13.3. The molecule has 3 aliphatic heterocycles. The van der Waals surface area contributed by atoms with Gasteiger partial charge in [-0.15, -0.1) is 0 Å². The normalized spacial score (nSPS) is 28.5. The summed E-state index contributed by atoms with van der Waals surface area (Å²) < 4.78 is 34.2. The van der Waals surface area contributed by atoms with Gasteiger partial charge in [0.2, 0.25) is 5.91 Å². The fourth-order valence-corrected chi connectivity index (χ4v) is 10.9. The molecule has 0 bridgehead atoms. The highest BCUT2D eigenvalue weighted by molar-refractivity contribution is 5.76. The molecule has 0 aromatic carbocycles. The number of carbonyl (C=O) groups excluding carboxylic acids is 1. The molecule has 0 spiro atoms. The summed E-state index contributed by atoms with van der Waals surface area (Å²) in [5, 5.41) is 120. The fraction of sp³-hybridized carbons (Fsp3) is 0.712. The average molecular weight is 1300 g/mol. The molecule has 12 N–H and O–H groups in total. The summed E-state index contributed by atoms with van der Waals surface area (Å²) in [6, 6.07) is -0.997. The monoisotopic (exact) mass is 1300 g/mol. The summed E-state index contributed by atoms with van der Waals surface area (Å²) in [6.45, 7) is 1.52. The number of ether oxygens (including phenoxy) is 6. The first-order valence-corrected chi connectivity index (χ1v) is 34.8. The van der Waals surface area contributed by atoms with E-state index in [0.717, 1.165) is 103 Å². The van der Waals surface area contributed by atoms with E-state index >= 15 is 0 Å². The molecule has 526 valence electrons. The second-order valence-electron chi connectivity index (χ2n) is 24.2. The Morgan fingerprint density at radius 1 is 0.402 bits per heavy atom. The number of nitrogens with one attached hydrogen (secondary N) is 1. The SMILES string of the molecule is CC/C=C\C/C=C\C/C=C\C/C=C\C/C=C\C/C=C\C/C=C\C/C=C\CCCCCCCCCCCCCCC(=O)NC(COC1OC(CO)C(OC2OC(CO)C(OC3OC(CO)C(O)C(O)C3O)C(O)C2O)C(O)C1O)C(O)/C=C/CC/C=C/CCCCCC. The zero-order valence-electron chi connectivity index (χ0n) is 55.5. The van der Waals surface area contributed by atoms with Crippen molar-refractivity contribution in [3.63, 3.8) is 0 Å². The van der Waals surface area contributed by atoms with Gasteiger partial charge in [-0.05, 0) is 96.3 Å². The molecule has 0 aromatic heterocycles. The van der Waals surface area contributed by atoms with Gasteiger partial charge in [-0.2, -0.15) is 0 Å². The van der Waals surface area contributed by atoms with E-state index in [4.69, 9.17) is 28.4 Å². The molecule has 3 rings (SSSR count). The van der Waals surface area contributed by atoms with Crippen molar-refractivity contribution in [2.45, 2.75) is 304 Å². The van der Waals surface area contributed by atoms with E-state index in [-0.39, 0.29) is 18.9 Å². The molecule has 92 heavy (non-hydrogen) atoms. The zero-order chi connectivity index (χ0) is 66.8. The minimum atomic E-state index is -1.98. The molecule has 17 unspecified atom stereocenters. The van der Waals surface area contributed by atoms with E-state index in [1.165, 1.54) is 64.2 Å². The van der Waals surface area contributed by atoms with Gasteiger partial charge in [0.15, 0.2) is 18.9 Å². The number of carbonyl (C=O) groups is 1. The molecule has 19 nitrogen and oxygen atoms in total. The van der Waals surface area contributed by atoms with Crippen LogP contribution in [0.5, 0.6) is 0 Å². The van der Waals surface area contributed by atoms with Crippen LogP contribution >= 0.6 is 0 Å². The summed E-state index contributed by atoms with van der Waals surface area (Å²) in [6.07, 6.45) is 46.4. The van der Waals surface area contributed by atoms with Crippen molar-refractivity contribution in [1.29, 1.82) is 0 Å². The van der Waals surface area contributed by atoms with Crippen molar-refractivity contribution >= 4 is 5.91 Å². The molecule has 3 aliphatic rings. The van der Waals surface area contributed by atoms with Crippen molar-refractivity contribution < 1.29 is 89.4 Å². The Bertz CT molecular complexity index is 2140. The van der Waals surface area contributed by atoms with Gasteiger partial charge in [-0.1, -0.05) is 219 Å². The number of hydrogen-bond donors (Lipinski definition) is 12. The molecule has 19 heteroatoms. The average Bonchev–Trinajstić information content (AvgIpc) is 0.799. The topological polar surface area (TPSA) is 307 Å². The van der Waals surface area contributed by atoms with Crippen LogP contribution in [-0.2, 0) is 33.2 Å². The Balaban J connectivity index is 1.33. The van der Waals surface area contributed by atoms with Crippen LogP contribution in [0.1, 0.15) is 200 Å². The fourth-order valence-electron chi connectivity index (χ4n) is 10.9. The Hall–Kier alpha value is -3.81. The molecule has 0 aliphatic carbocycles. The Labute approximate surface area is 550 Å². The van der Waals surface area contributed by atoms with Gasteiger partial charge in [0, 0.05) is 6.42 Å². The third kappa shape index (κ3) is 34.7. The largest absolute Gasteiger partial charge is 0.394 e. The van der Waals surface area contributed by atoms with Crippen LogP contribution in [0.2, 0.25) is 0 Å². The maximum absolute atomic E-state index is 13.3. The van der Waals surface area contributed by atoms with Crippen LogP contribution in [0.15, 0.2) is 122 Å². The van der Waals surface area contributed by atoms with Crippen LogP contribution in [0.4, 0.5) is 0 Å². The number of unbranched alkanes of at least 4 members (excludes halogenated alkanes) is 17. The van der Waals surface area contributed by atoms with Crippen molar-refractivity contribution in [2.24, 2.45) is 0 Å². The summed E-state index contributed by atoms with van der Waals surface area (Å²) in [5.41, 5.74) is 0. The van der Waals surface area contributed by atoms with E-state index < -0.39 is 124 Å². The second kappa shape index (κ2) is 53.3. The predicted octanol–water partition coefficient (Wildman–Crippen LogP) is 9.21. The lowest BCUT2D eigenvalue weighted by Gasteiger charge is -2.48. The minimum absolute atomic E-state index is 0.225. The van der Waals surface area contributed by atoms with E-state index in [1.54, 1.807) is 6.08 Å². The number of hydrogen-bond acceptors (Lipinski definition) is 18. The zero-order valence-corrected chi connectivity index (χ0v) is 55.5. The van der Waals surface area contributed by atoms with Gasteiger partial charge < -0.3 is 89.9 Å². The predicted molar refractivity (Wildman–Crippen MR) is 360 cm³/mol. The van der Waals surface area contributed by atoms with Gasteiger partial charge in [-0.25, -0.2) is 0 Å². The highest BCUT2D eigenvalue weighted by Crippen LogP contribution is 2.33. The van der Waals surface area contributed by atoms with Crippen LogP contribution in [0.3, 0.4) is 0 Å². The molecule has 3 heterocycles. The lowest BCUT2D eigenvalue weighted by molar-refractivity contribution is -0.379. The molecule has 17 atom stereocenters. The number of amides is 1. The first kappa shape index (κ1) is 82.4. The highest BCUT2D eigenvalue weighted by Gasteiger charge is 2.53. The smallest absolute Gasteiger partial charge is 0.220 e. The molecular formula is C73H121NO18. The Morgan fingerprint density at radius 3 is 1.22 bits per heavy atom. The lowest BCUT2D eigenvalue weighted by atomic mass is 9.96. The molecular weight excluding hydrogens is 1180 g/mol. The Kier molecular flexibility index (Phi) is 47.8.